The van der Waals surface area contributed by atoms with Gasteiger partial charge in [0.05, 0.1) is 5.69 Å². The minimum atomic E-state index is 0.400. The first-order chi connectivity index (χ1) is 9.42. The molecule has 3 heteroatoms. The maximum Gasteiger partial charge on any atom is 0.140 e. The standard InChI is InChI=1S/C17H25N3/c1-5-17(3,4)12-6-7-14-15(9-12)20-10-13(18)8-11(2)16(20)19-14/h8,10,12H,5-7,9,18H2,1-4H3. The molecule has 3 nitrogen and oxygen atoms in total. The summed E-state index contributed by atoms with van der Waals surface area (Å²) in [5, 5.41) is 0. The number of nitrogens with two attached hydrogens (primary N) is 1. The molecule has 1 unspecified atom stereocenters. The van der Waals surface area contributed by atoms with Gasteiger partial charge in [0, 0.05) is 17.6 Å². The van der Waals surface area contributed by atoms with Crippen molar-refractivity contribution in [2.24, 2.45) is 11.3 Å². The zero-order chi connectivity index (χ0) is 14.5. The molecule has 1 aliphatic carbocycles. The van der Waals surface area contributed by atoms with Crippen LogP contribution in [-0.2, 0) is 12.8 Å². The highest BCUT2D eigenvalue weighted by Gasteiger charge is 2.33. The number of imidazole rings is 1. The fourth-order valence-corrected chi connectivity index (χ4v) is 3.45. The van der Waals surface area contributed by atoms with Gasteiger partial charge in [-0.2, -0.15) is 0 Å². The Hall–Kier alpha value is -1.51. The molecule has 2 aromatic heterocycles. The molecule has 2 aromatic rings. The van der Waals surface area contributed by atoms with Crippen LogP contribution in [0.15, 0.2) is 12.3 Å². The SMILES string of the molecule is CCC(C)(C)C1CCc2nc3c(C)cc(N)cn3c2C1. The van der Waals surface area contributed by atoms with Gasteiger partial charge in [-0.1, -0.05) is 27.2 Å². The Morgan fingerprint density at radius 1 is 1.45 bits per heavy atom. The van der Waals surface area contributed by atoms with Gasteiger partial charge < -0.3 is 10.1 Å². The smallest absolute Gasteiger partial charge is 0.140 e. The first-order valence-electron chi connectivity index (χ1n) is 7.68. The van der Waals surface area contributed by atoms with E-state index in [4.69, 9.17) is 10.7 Å². The number of hydrogen-bond acceptors (Lipinski definition) is 2. The third kappa shape index (κ3) is 2.00. The zero-order valence-electron chi connectivity index (χ0n) is 13.0. The normalized spacial score (nSPS) is 19.3. The lowest BCUT2D eigenvalue weighted by molar-refractivity contribution is 0.180. The fraction of sp³-hybridized carbons (Fsp3) is 0.588. The fourth-order valence-electron chi connectivity index (χ4n) is 3.45. The first kappa shape index (κ1) is 13.5. The summed E-state index contributed by atoms with van der Waals surface area (Å²) in [6, 6.07) is 2.02. The molecule has 3 rings (SSSR count). The number of aryl methyl sites for hydroxylation is 2. The lowest BCUT2D eigenvalue weighted by Gasteiger charge is -2.36. The van der Waals surface area contributed by atoms with Crippen LogP contribution in [0, 0.1) is 18.3 Å². The number of nitrogen functional groups attached to an aromatic ring is 1. The topological polar surface area (TPSA) is 43.3 Å². The number of fused-ring (bicyclic) bond motifs is 3. The number of hydrogen-bond donors (Lipinski definition) is 1. The van der Waals surface area contributed by atoms with Crippen molar-refractivity contribution in [2.75, 3.05) is 5.73 Å². The van der Waals surface area contributed by atoms with Gasteiger partial charge in [0.25, 0.3) is 0 Å². The van der Waals surface area contributed by atoms with Gasteiger partial charge in [0.1, 0.15) is 5.65 Å². The maximum atomic E-state index is 6.02. The zero-order valence-corrected chi connectivity index (χ0v) is 13.0. The monoisotopic (exact) mass is 271 g/mol. The predicted octanol–water partition coefficient (Wildman–Crippen LogP) is 3.77. The highest BCUT2D eigenvalue weighted by molar-refractivity contribution is 5.57. The second kappa shape index (κ2) is 4.51. The van der Waals surface area contributed by atoms with Crippen molar-refractivity contribution in [3.8, 4) is 0 Å². The Labute approximate surface area is 121 Å². The van der Waals surface area contributed by atoms with Crippen LogP contribution in [0.1, 0.15) is 50.6 Å². The molecule has 1 aliphatic rings. The third-order valence-corrected chi connectivity index (χ3v) is 5.29. The van der Waals surface area contributed by atoms with Crippen LogP contribution in [0.5, 0.6) is 0 Å². The first-order valence-corrected chi connectivity index (χ1v) is 7.68. The number of anilines is 1. The molecule has 0 fully saturated rings. The molecule has 2 N–H and O–H groups in total. The van der Waals surface area contributed by atoms with Gasteiger partial charge in [-0.15, -0.1) is 0 Å². The quantitative estimate of drug-likeness (QED) is 0.903. The van der Waals surface area contributed by atoms with Crippen molar-refractivity contribution in [1.82, 2.24) is 9.38 Å². The second-order valence-corrected chi connectivity index (χ2v) is 6.94. The molecule has 1 atom stereocenters. The van der Waals surface area contributed by atoms with E-state index in [0.29, 0.717) is 5.41 Å². The number of pyridine rings is 1. The van der Waals surface area contributed by atoms with Gasteiger partial charge >= 0.3 is 0 Å². The highest BCUT2D eigenvalue weighted by Crippen LogP contribution is 2.40. The summed E-state index contributed by atoms with van der Waals surface area (Å²) < 4.78 is 2.23. The van der Waals surface area contributed by atoms with E-state index < -0.39 is 0 Å². The minimum absolute atomic E-state index is 0.400. The predicted molar refractivity (Wildman–Crippen MR) is 83.9 cm³/mol. The van der Waals surface area contributed by atoms with Gasteiger partial charge in [0.2, 0.25) is 0 Å². The largest absolute Gasteiger partial charge is 0.398 e. The lowest BCUT2D eigenvalue weighted by atomic mass is 9.70. The summed E-state index contributed by atoms with van der Waals surface area (Å²) in [6.07, 6.45) is 6.75. The number of aromatic nitrogens is 2. The van der Waals surface area contributed by atoms with Gasteiger partial charge in [-0.25, -0.2) is 4.98 Å². The lowest BCUT2D eigenvalue weighted by Crippen LogP contribution is -2.29. The molecule has 0 aliphatic heterocycles. The molecular formula is C17H25N3. The average Bonchev–Trinajstić information content (AvgIpc) is 2.77. The molecule has 2 heterocycles. The van der Waals surface area contributed by atoms with Crippen molar-refractivity contribution in [3.63, 3.8) is 0 Å². The van der Waals surface area contributed by atoms with Crippen molar-refractivity contribution >= 4 is 11.3 Å². The Morgan fingerprint density at radius 2 is 2.20 bits per heavy atom. The second-order valence-electron chi connectivity index (χ2n) is 6.94. The van der Waals surface area contributed by atoms with Crippen LogP contribution < -0.4 is 5.73 Å². The molecule has 0 saturated carbocycles. The minimum Gasteiger partial charge on any atom is -0.398 e. The van der Waals surface area contributed by atoms with E-state index in [1.807, 2.05) is 12.3 Å². The maximum absolute atomic E-state index is 6.02. The van der Waals surface area contributed by atoms with Gasteiger partial charge in [-0.05, 0) is 49.1 Å². The van der Waals surface area contributed by atoms with Crippen LogP contribution in [0.2, 0.25) is 0 Å². The Bertz CT molecular complexity index is 652. The van der Waals surface area contributed by atoms with Crippen LogP contribution >= 0.6 is 0 Å². The third-order valence-electron chi connectivity index (χ3n) is 5.29. The van der Waals surface area contributed by atoms with E-state index in [9.17, 15) is 0 Å². The Kier molecular flexibility index (Phi) is 3.03. The molecule has 0 spiro atoms. The van der Waals surface area contributed by atoms with Gasteiger partial charge in [-0.3, -0.25) is 0 Å². The summed E-state index contributed by atoms with van der Waals surface area (Å²) in [5.74, 6) is 0.738. The van der Waals surface area contributed by atoms with E-state index >= 15 is 0 Å². The summed E-state index contributed by atoms with van der Waals surface area (Å²) in [4.78, 5) is 4.84. The van der Waals surface area contributed by atoms with E-state index in [-0.39, 0.29) is 0 Å². The van der Waals surface area contributed by atoms with E-state index in [0.717, 1.165) is 30.1 Å². The van der Waals surface area contributed by atoms with Gasteiger partial charge in [0.15, 0.2) is 0 Å². The van der Waals surface area contributed by atoms with Crippen molar-refractivity contribution in [3.05, 3.63) is 29.2 Å². The summed E-state index contributed by atoms with van der Waals surface area (Å²) in [5.41, 5.74) is 12.2. The van der Waals surface area contributed by atoms with Crippen molar-refractivity contribution in [1.29, 1.82) is 0 Å². The molecule has 0 saturated heterocycles. The number of rotatable bonds is 2. The Balaban J connectivity index is 2.09. The summed E-state index contributed by atoms with van der Waals surface area (Å²) in [6.45, 7) is 9.18. The van der Waals surface area contributed by atoms with E-state index in [2.05, 4.69) is 32.1 Å². The highest BCUT2D eigenvalue weighted by atomic mass is 15.0. The molecule has 20 heavy (non-hydrogen) atoms. The van der Waals surface area contributed by atoms with Crippen LogP contribution in [0.25, 0.3) is 5.65 Å². The van der Waals surface area contributed by atoms with E-state index in [1.54, 1.807) is 0 Å². The molecule has 0 aromatic carbocycles. The van der Waals surface area contributed by atoms with E-state index in [1.165, 1.54) is 29.8 Å². The number of nitrogens with zero attached hydrogens (tertiary/aromatic N) is 2. The summed E-state index contributed by atoms with van der Waals surface area (Å²) >= 11 is 0. The molecule has 0 amide bonds. The molecular weight excluding hydrogens is 246 g/mol. The molecule has 108 valence electrons. The molecule has 0 radical (unpaired) electrons. The van der Waals surface area contributed by atoms with Crippen LogP contribution in [0.3, 0.4) is 0 Å². The average molecular weight is 271 g/mol. The Morgan fingerprint density at radius 3 is 2.90 bits per heavy atom. The van der Waals surface area contributed by atoms with Crippen molar-refractivity contribution in [2.45, 2.75) is 53.4 Å². The van der Waals surface area contributed by atoms with Crippen LogP contribution in [-0.4, -0.2) is 9.38 Å². The van der Waals surface area contributed by atoms with Crippen molar-refractivity contribution < 1.29 is 0 Å². The molecule has 0 bridgehead atoms. The summed E-state index contributed by atoms with van der Waals surface area (Å²) in [7, 11) is 0. The van der Waals surface area contributed by atoms with Crippen LogP contribution in [0.4, 0.5) is 5.69 Å².